The molecule has 0 aromatic carbocycles. The second-order valence-corrected chi connectivity index (χ2v) is 7.99. The van der Waals surface area contributed by atoms with Crippen molar-refractivity contribution in [2.45, 2.75) is 38.5 Å². The minimum Gasteiger partial charge on any atom is -0.379 e. The lowest BCUT2D eigenvalue weighted by Gasteiger charge is -2.35. The minimum absolute atomic E-state index is 0.552. The third-order valence-electron chi connectivity index (χ3n) is 6.03. The van der Waals surface area contributed by atoms with Crippen LogP contribution < -0.4 is 4.90 Å². The minimum atomic E-state index is 0.552. The van der Waals surface area contributed by atoms with Crippen LogP contribution in [0.5, 0.6) is 0 Å². The number of ether oxygens (including phenoxy) is 1. The fraction of sp³-hybridized carbons (Fsp3) is 0.800. The summed E-state index contributed by atoms with van der Waals surface area (Å²) in [4.78, 5) is 17.1. The average molecular weight is 360 g/mol. The first kappa shape index (κ1) is 18.1. The molecule has 4 heterocycles. The van der Waals surface area contributed by atoms with E-state index in [0.717, 1.165) is 64.1 Å². The summed E-state index contributed by atoms with van der Waals surface area (Å²) in [6, 6.07) is 2.27. The van der Waals surface area contributed by atoms with Crippen LogP contribution in [0.25, 0.3) is 0 Å². The molecule has 1 atom stereocenters. The van der Waals surface area contributed by atoms with Gasteiger partial charge in [0.15, 0.2) is 0 Å². The third kappa shape index (κ3) is 4.53. The quantitative estimate of drug-likeness (QED) is 0.800. The number of morpholine rings is 1. The summed E-state index contributed by atoms with van der Waals surface area (Å²) >= 11 is 0. The second-order valence-electron chi connectivity index (χ2n) is 7.99. The Hall–Kier alpha value is -1.24. The number of nitrogens with zero attached hydrogens (tertiary/aromatic N) is 5. The Morgan fingerprint density at radius 1 is 0.962 bits per heavy atom. The fourth-order valence-corrected chi connectivity index (χ4v) is 4.50. The van der Waals surface area contributed by atoms with Gasteiger partial charge < -0.3 is 14.5 Å². The molecule has 1 aromatic heterocycles. The van der Waals surface area contributed by atoms with Gasteiger partial charge in [0.05, 0.1) is 18.9 Å². The number of hydrogen-bond donors (Lipinski definition) is 0. The molecule has 6 heteroatoms. The molecule has 3 saturated heterocycles. The topological polar surface area (TPSA) is 44.7 Å². The van der Waals surface area contributed by atoms with Crippen molar-refractivity contribution in [1.29, 1.82) is 0 Å². The van der Waals surface area contributed by atoms with E-state index in [-0.39, 0.29) is 0 Å². The zero-order chi connectivity index (χ0) is 17.8. The average Bonchev–Trinajstić information content (AvgIpc) is 3.22. The highest BCUT2D eigenvalue weighted by Gasteiger charge is 2.25. The van der Waals surface area contributed by atoms with Crippen molar-refractivity contribution in [1.82, 2.24) is 19.8 Å². The van der Waals surface area contributed by atoms with Gasteiger partial charge in [-0.2, -0.15) is 0 Å². The Labute approximate surface area is 157 Å². The summed E-state index contributed by atoms with van der Waals surface area (Å²) in [6.07, 6.45) is 5.11. The van der Waals surface area contributed by atoms with E-state index < -0.39 is 0 Å². The van der Waals surface area contributed by atoms with Crippen molar-refractivity contribution in [3.05, 3.63) is 17.6 Å². The summed E-state index contributed by atoms with van der Waals surface area (Å²) in [7, 11) is 0. The van der Waals surface area contributed by atoms with Gasteiger partial charge in [0, 0.05) is 57.8 Å². The maximum absolute atomic E-state index is 5.46. The summed E-state index contributed by atoms with van der Waals surface area (Å²) in [5.74, 6) is 2.63. The van der Waals surface area contributed by atoms with Crippen molar-refractivity contribution in [2.24, 2.45) is 0 Å². The van der Waals surface area contributed by atoms with E-state index in [0.29, 0.717) is 5.92 Å². The van der Waals surface area contributed by atoms with Crippen LogP contribution in [0, 0.1) is 6.92 Å². The maximum atomic E-state index is 5.46. The zero-order valence-electron chi connectivity index (χ0n) is 16.2. The highest BCUT2D eigenvalue weighted by molar-refractivity contribution is 5.41. The van der Waals surface area contributed by atoms with Crippen LogP contribution in [0.4, 0.5) is 5.82 Å². The lowest BCUT2D eigenvalue weighted by molar-refractivity contribution is 0.0318. The molecule has 0 N–H and O–H groups in total. The number of hydrogen-bond acceptors (Lipinski definition) is 6. The number of aryl methyl sites for hydroxylation is 1. The molecule has 3 fully saturated rings. The number of anilines is 1. The highest BCUT2D eigenvalue weighted by atomic mass is 16.5. The summed E-state index contributed by atoms with van der Waals surface area (Å²) in [5, 5.41) is 0. The lowest BCUT2D eigenvalue weighted by Crippen LogP contribution is -2.43. The number of likely N-dealkylation sites (tertiary alicyclic amines) is 1. The van der Waals surface area contributed by atoms with Gasteiger partial charge in [-0.3, -0.25) is 4.90 Å². The first-order chi connectivity index (χ1) is 12.8. The molecule has 0 spiro atoms. The smallest absolute Gasteiger partial charge is 0.132 e. The van der Waals surface area contributed by atoms with E-state index in [9.17, 15) is 0 Å². The second kappa shape index (κ2) is 8.63. The Bertz CT molecular complexity index is 584. The van der Waals surface area contributed by atoms with E-state index >= 15 is 0 Å². The molecule has 0 unspecified atom stereocenters. The van der Waals surface area contributed by atoms with Crippen molar-refractivity contribution in [3.63, 3.8) is 0 Å². The Morgan fingerprint density at radius 2 is 1.73 bits per heavy atom. The molecule has 1 aromatic rings. The zero-order valence-corrected chi connectivity index (χ0v) is 16.2. The molecule has 0 saturated carbocycles. The molecular weight excluding hydrogens is 326 g/mol. The van der Waals surface area contributed by atoms with Gasteiger partial charge in [0.1, 0.15) is 11.6 Å². The molecule has 6 nitrogen and oxygen atoms in total. The van der Waals surface area contributed by atoms with Crippen molar-refractivity contribution >= 4 is 5.82 Å². The van der Waals surface area contributed by atoms with Crippen LogP contribution in [0.15, 0.2) is 6.07 Å². The van der Waals surface area contributed by atoms with E-state index in [4.69, 9.17) is 14.7 Å². The SMILES string of the molecule is Cc1nc([C@@H]2CCCN(CCN3CCOCC3)C2)cc(N2CCCC2)n1. The molecule has 0 amide bonds. The predicted molar refractivity (Wildman–Crippen MR) is 104 cm³/mol. The van der Waals surface area contributed by atoms with Gasteiger partial charge >= 0.3 is 0 Å². The summed E-state index contributed by atoms with van der Waals surface area (Å²) in [5.41, 5.74) is 1.26. The van der Waals surface area contributed by atoms with E-state index in [1.54, 1.807) is 0 Å². The molecule has 0 radical (unpaired) electrons. The molecule has 0 bridgehead atoms. The largest absolute Gasteiger partial charge is 0.379 e. The van der Waals surface area contributed by atoms with Gasteiger partial charge in [0.2, 0.25) is 0 Å². The fourth-order valence-electron chi connectivity index (χ4n) is 4.50. The van der Waals surface area contributed by atoms with E-state index in [1.165, 1.54) is 44.5 Å². The number of piperidine rings is 1. The summed E-state index contributed by atoms with van der Waals surface area (Å²) < 4.78 is 5.46. The van der Waals surface area contributed by atoms with Gasteiger partial charge in [-0.05, 0) is 39.2 Å². The molecule has 144 valence electrons. The van der Waals surface area contributed by atoms with Gasteiger partial charge in [-0.25, -0.2) is 9.97 Å². The molecule has 26 heavy (non-hydrogen) atoms. The van der Waals surface area contributed by atoms with E-state index in [1.807, 2.05) is 6.92 Å². The Kier molecular flexibility index (Phi) is 6.02. The monoisotopic (exact) mass is 359 g/mol. The van der Waals surface area contributed by atoms with Crippen LogP contribution in [-0.4, -0.2) is 85.3 Å². The first-order valence-electron chi connectivity index (χ1n) is 10.4. The highest BCUT2D eigenvalue weighted by Crippen LogP contribution is 2.28. The van der Waals surface area contributed by atoms with Crippen molar-refractivity contribution < 1.29 is 4.74 Å². The van der Waals surface area contributed by atoms with Crippen molar-refractivity contribution in [2.75, 3.05) is 70.5 Å². The van der Waals surface area contributed by atoms with Crippen LogP contribution >= 0.6 is 0 Å². The third-order valence-corrected chi connectivity index (χ3v) is 6.03. The van der Waals surface area contributed by atoms with Gasteiger partial charge in [-0.15, -0.1) is 0 Å². The maximum Gasteiger partial charge on any atom is 0.132 e. The summed E-state index contributed by atoms with van der Waals surface area (Å²) in [6.45, 7) is 13.0. The molecule has 3 aliphatic rings. The predicted octanol–water partition coefficient (Wildman–Crippen LogP) is 1.90. The number of rotatable bonds is 5. The normalized spacial score (nSPS) is 25.7. The van der Waals surface area contributed by atoms with Gasteiger partial charge in [-0.1, -0.05) is 0 Å². The van der Waals surface area contributed by atoms with Crippen LogP contribution in [-0.2, 0) is 4.74 Å². The van der Waals surface area contributed by atoms with E-state index in [2.05, 4.69) is 20.8 Å². The Balaban J connectivity index is 1.37. The molecule has 0 aliphatic carbocycles. The Morgan fingerprint density at radius 3 is 2.54 bits per heavy atom. The van der Waals surface area contributed by atoms with Crippen LogP contribution in [0.1, 0.15) is 43.1 Å². The molecular formula is C20H33N5O. The van der Waals surface area contributed by atoms with Crippen molar-refractivity contribution in [3.8, 4) is 0 Å². The number of aromatic nitrogens is 2. The van der Waals surface area contributed by atoms with Crippen LogP contribution in [0.3, 0.4) is 0 Å². The standard InChI is InChI=1S/C20H33N5O/c1-17-21-19(15-20(22-17)25-7-2-3-8-25)18-5-4-6-24(16-18)10-9-23-11-13-26-14-12-23/h15,18H,2-14,16H2,1H3/t18-/m1/s1. The van der Waals surface area contributed by atoms with Gasteiger partial charge in [0.25, 0.3) is 0 Å². The molecule has 4 rings (SSSR count). The lowest BCUT2D eigenvalue weighted by atomic mass is 9.94. The molecule has 3 aliphatic heterocycles. The first-order valence-corrected chi connectivity index (χ1v) is 10.4. The van der Waals surface area contributed by atoms with Crippen LogP contribution in [0.2, 0.25) is 0 Å².